The van der Waals surface area contributed by atoms with Gasteiger partial charge < -0.3 is 37.2 Å². The molecule has 8 N–H and O–H groups in total. The van der Waals surface area contributed by atoms with Crippen molar-refractivity contribution < 1.29 is 39.0 Å². The Bertz CT molecular complexity index is 1080. The number of hydrogen-bond donors (Lipinski definition) is 8. The molecule has 0 spiro atoms. The number of carbonyl (C=O) groups excluding carboxylic acids is 5. The van der Waals surface area contributed by atoms with Crippen LogP contribution in [-0.2, 0) is 35.2 Å². The lowest BCUT2D eigenvalue weighted by molar-refractivity contribution is -0.138. The summed E-state index contributed by atoms with van der Waals surface area (Å²) in [4.78, 5) is 74.3. The Morgan fingerprint density at radius 1 is 0.905 bits per heavy atom. The van der Waals surface area contributed by atoms with Crippen LogP contribution in [0, 0.1) is 11.8 Å². The van der Waals surface area contributed by atoms with Crippen molar-refractivity contribution in [2.24, 2.45) is 17.6 Å². The van der Waals surface area contributed by atoms with Crippen molar-refractivity contribution in [1.82, 2.24) is 21.3 Å². The van der Waals surface area contributed by atoms with Crippen LogP contribution in [0.1, 0.15) is 52.5 Å². The number of phenols is 1. The number of carbonyl (C=O) groups is 5. The van der Waals surface area contributed by atoms with Crippen molar-refractivity contribution in [3.63, 3.8) is 0 Å². The van der Waals surface area contributed by atoms with Gasteiger partial charge >= 0.3 is 5.97 Å². The van der Waals surface area contributed by atoms with Crippen LogP contribution in [0.15, 0.2) is 24.3 Å². The molecule has 1 aromatic carbocycles. The number of hydrogen-bond acceptors (Lipinski definition) is 9. The number of carboxylic acids is 1. The van der Waals surface area contributed by atoms with Gasteiger partial charge in [0.05, 0.1) is 12.1 Å². The lowest BCUT2D eigenvalue weighted by Gasteiger charge is -2.28. The summed E-state index contributed by atoms with van der Waals surface area (Å²) in [5.74, 6) is -4.79. The Morgan fingerprint density at radius 3 is 1.98 bits per heavy atom. The molecule has 6 atom stereocenters. The molecule has 0 unspecified atom stereocenters. The van der Waals surface area contributed by atoms with E-state index in [9.17, 15) is 33.9 Å². The molecule has 0 aliphatic rings. The SMILES string of the molecule is CC[C@H](C)[C@H](NC(=O)[C@@H](N)Cc1ccc(O)cc1)C(=O)N[C@@H](CS)C(=O)N[C@@H](CCC(=O)O)C(=O)N[C@H]([C]=O)C(C)C. The number of nitrogens with one attached hydrogen (secondary N) is 4. The summed E-state index contributed by atoms with van der Waals surface area (Å²) in [6.45, 7) is 6.93. The van der Waals surface area contributed by atoms with E-state index in [1.165, 1.54) is 12.1 Å². The van der Waals surface area contributed by atoms with E-state index in [1.807, 2.05) is 6.92 Å². The summed E-state index contributed by atoms with van der Waals surface area (Å²) in [6, 6.07) is 0.618. The van der Waals surface area contributed by atoms with E-state index in [-0.39, 0.29) is 36.2 Å². The predicted molar refractivity (Wildman–Crippen MR) is 158 cm³/mol. The number of phenolic OH excluding ortho intramolecular Hbond substituents is 1. The third-order valence-electron chi connectivity index (χ3n) is 6.71. The minimum absolute atomic E-state index is 0.0705. The van der Waals surface area contributed by atoms with Crippen molar-refractivity contribution in [2.75, 3.05) is 5.75 Å². The second kappa shape index (κ2) is 18.0. The first-order chi connectivity index (χ1) is 19.7. The monoisotopic (exact) mass is 608 g/mol. The molecule has 0 saturated heterocycles. The molecule has 1 rings (SSSR count). The topological polar surface area (TPSA) is 217 Å². The zero-order valence-electron chi connectivity index (χ0n) is 24.3. The van der Waals surface area contributed by atoms with Crippen LogP contribution in [0.5, 0.6) is 5.75 Å². The van der Waals surface area contributed by atoms with Crippen LogP contribution in [0.4, 0.5) is 0 Å². The Labute approximate surface area is 251 Å². The Kier molecular flexibility index (Phi) is 15.6. The van der Waals surface area contributed by atoms with Gasteiger partial charge in [-0.15, -0.1) is 0 Å². The van der Waals surface area contributed by atoms with E-state index in [2.05, 4.69) is 33.9 Å². The summed E-state index contributed by atoms with van der Waals surface area (Å²) in [6.07, 6.45) is 1.65. The number of thiol groups is 1. The van der Waals surface area contributed by atoms with Crippen molar-refractivity contribution in [3.05, 3.63) is 29.8 Å². The zero-order valence-corrected chi connectivity index (χ0v) is 25.1. The molecule has 42 heavy (non-hydrogen) atoms. The summed E-state index contributed by atoms with van der Waals surface area (Å²) in [7, 11) is 0. The van der Waals surface area contributed by atoms with Crippen molar-refractivity contribution in [3.8, 4) is 5.75 Å². The molecule has 0 aliphatic heterocycles. The smallest absolute Gasteiger partial charge is 0.303 e. The number of nitrogens with two attached hydrogens (primary N) is 1. The lowest BCUT2D eigenvalue weighted by Crippen LogP contribution is -2.60. The molecule has 0 fully saturated rings. The summed E-state index contributed by atoms with van der Waals surface area (Å²) in [5.41, 5.74) is 6.77. The Balaban J connectivity index is 2.99. The van der Waals surface area contributed by atoms with Gasteiger partial charge in [0.15, 0.2) is 0 Å². The van der Waals surface area contributed by atoms with Crippen LogP contribution in [0.2, 0.25) is 0 Å². The number of aliphatic carboxylic acids is 1. The van der Waals surface area contributed by atoms with E-state index in [0.29, 0.717) is 12.0 Å². The average molecular weight is 609 g/mol. The second-order valence-electron chi connectivity index (χ2n) is 10.4. The van der Waals surface area contributed by atoms with Crippen LogP contribution < -0.4 is 27.0 Å². The first-order valence-electron chi connectivity index (χ1n) is 13.7. The fraction of sp³-hybridized carbons (Fsp3) is 0.571. The average Bonchev–Trinajstić information content (AvgIpc) is 2.95. The van der Waals surface area contributed by atoms with Crippen molar-refractivity contribution in [2.45, 2.75) is 83.6 Å². The zero-order chi connectivity index (χ0) is 32.0. The number of benzene rings is 1. The maximum absolute atomic E-state index is 13.3. The molecule has 1 aromatic rings. The molecule has 0 aromatic heterocycles. The van der Waals surface area contributed by atoms with Crippen LogP contribution in [-0.4, -0.2) is 82.1 Å². The number of rotatable bonds is 18. The molecule has 233 valence electrons. The molecular weight excluding hydrogens is 566 g/mol. The van der Waals surface area contributed by atoms with Crippen LogP contribution in [0.25, 0.3) is 0 Å². The predicted octanol–water partition coefficient (Wildman–Crippen LogP) is -0.192. The Morgan fingerprint density at radius 2 is 1.48 bits per heavy atom. The molecule has 1 radical (unpaired) electrons. The van der Waals surface area contributed by atoms with E-state index in [0.717, 1.165) is 0 Å². The number of carboxylic acid groups (broad SMARTS) is 1. The van der Waals surface area contributed by atoms with Gasteiger partial charge in [-0.25, -0.2) is 0 Å². The van der Waals surface area contributed by atoms with E-state index in [1.54, 1.807) is 39.2 Å². The van der Waals surface area contributed by atoms with Gasteiger partial charge in [0, 0.05) is 12.2 Å². The highest BCUT2D eigenvalue weighted by atomic mass is 32.1. The first-order valence-corrected chi connectivity index (χ1v) is 14.3. The maximum Gasteiger partial charge on any atom is 0.303 e. The lowest BCUT2D eigenvalue weighted by atomic mass is 9.97. The van der Waals surface area contributed by atoms with Gasteiger partial charge in [0.1, 0.15) is 23.9 Å². The fourth-order valence-electron chi connectivity index (χ4n) is 3.79. The minimum Gasteiger partial charge on any atom is -0.508 e. The minimum atomic E-state index is -1.31. The van der Waals surface area contributed by atoms with E-state index < -0.39 is 66.2 Å². The quantitative estimate of drug-likeness (QED) is 0.103. The van der Waals surface area contributed by atoms with Crippen molar-refractivity contribution >= 4 is 48.5 Å². The molecular formula is C28H42N5O8S. The largest absolute Gasteiger partial charge is 0.508 e. The molecule has 13 nitrogen and oxygen atoms in total. The summed E-state index contributed by atoms with van der Waals surface area (Å²) >= 11 is 4.15. The number of amides is 4. The summed E-state index contributed by atoms with van der Waals surface area (Å²) in [5, 5.41) is 28.6. The van der Waals surface area contributed by atoms with Gasteiger partial charge in [0.2, 0.25) is 29.9 Å². The van der Waals surface area contributed by atoms with Gasteiger partial charge in [-0.3, -0.25) is 28.8 Å². The molecule has 0 saturated carbocycles. The van der Waals surface area contributed by atoms with Gasteiger partial charge in [-0.2, -0.15) is 12.6 Å². The van der Waals surface area contributed by atoms with Crippen LogP contribution in [0.3, 0.4) is 0 Å². The number of aromatic hydroxyl groups is 1. The first kappa shape index (κ1) is 36.4. The van der Waals surface area contributed by atoms with Gasteiger partial charge in [-0.05, 0) is 42.4 Å². The molecule has 0 bridgehead atoms. The van der Waals surface area contributed by atoms with E-state index in [4.69, 9.17) is 10.8 Å². The highest BCUT2D eigenvalue weighted by Crippen LogP contribution is 2.13. The molecule has 14 heteroatoms. The highest BCUT2D eigenvalue weighted by Gasteiger charge is 2.33. The normalized spacial score (nSPS) is 15.3. The van der Waals surface area contributed by atoms with Crippen LogP contribution >= 0.6 is 12.6 Å². The fourth-order valence-corrected chi connectivity index (χ4v) is 4.05. The molecule has 0 aliphatic carbocycles. The molecule has 4 amide bonds. The standard InChI is InChI=1S/C28H42N5O8S/c1-5-16(4)24(33-25(38)19(29)12-17-6-8-18(35)9-7-17)28(41)32-22(14-42)27(40)30-20(10-11-23(36)37)26(39)31-21(13-34)15(2)3/h6-9,15-16,19-22,24,35,42H,5,10-12,14,29H2,1-4H3,(H,30,40)(H,31,39)(H,32,41)(H,33,38)(H,36,37)/t16-,19-,20-,21+,22-,24-/m0/s1. The maximum atomic E-state index is 13.3. The van der Waals surface area contributed by atoms with E-state index >= 15 is 0 Å². The van der Waals surface area contributed by atoms with Crippen molar-refractivity contribution in [1.29, 1.82) is 0 Å². The summed E-state index contributed by atoms with van der Waals surface area (Å²) < 4.78 is 0. The Hall–Kier alpha value is -3.65. The van der Waals surface area contributed by atoms with Gasteiger partial charge in [0.25, 0.3) is 0 Å². The third-order valence-corrected chi connectivity index (χ3v) is 7.07. The molecule has 0 heterocycles. The highest BCUT2D eigenvalue weighted by molar-refractivity contribution is 7.80. The third kappa shape index (κ3) is 12.1. The second-order valence-corrected chi connectivity index (χ2v) is 10.8. The van der Waals surface area contributed by atoms with Gasteiger partial charge in [-0.1, -0.05) is 46.2 Å².